The van der Waals surface area contributed by atoms with Gasteiger partial charge in [0.1, 0.15) is 12.7 Å². The molecule has 1 aliphatic carbocycles. The van der Waals surface area contributed by atoms with Crippen LogP contribution in [0.4, 0.5) is 0 Å². The van der Waals surface area contributed by atoms with E-state index in [0.29, 0.717) is 32.2 Å². The minimum Gasteiger partial charge on any atom is -0.393 e. The Hall–Kier alpha value is -2.80. The number of nitrogens with one attached hydrogen (secondary N) is 1. The molecule has 7 nitrogen and oxygen atoms in total. The topological polar surface area (TPSA) is 92.9 Å². The number of hydrogen-bond donors (Lipinski definition) is 2. The van der Waals surface area contributed by atoms with Gasteiger partial charge in [0.25, 0.3) is 0 Å². The first kappa shape index (κ1) is 17.6. The number of amides is 1. The molecule has 3 aromatic rings. The Balaban J connectivity index is 1.44. The number of pyridine rings is 1. The molecule has 140 valence electrons. The summed E-state index contributed by atoms with van der Waals surface area (Å²) >= 11 is 0. The van der Waals surface area contributed by atoms with E-state index in [1.165, 1.54) is 6.33 Å². The molecule has 0 spiro atoms. The van der Waals surface area contributed by atoms with E-state index in [1.54, 1.807) is 11.0 Å². The monoisotopic (exact) mass is 365 g/mol. The van der Waals surface area contributed by atoms with Crippen LogP contribution in [0.1, 0.15) is 37.3 Å². The zero-order chi connectivity index (χ0) is 18.6. The van der Waals surface area contributed by atoms with Crippen LogP contribution in [-0.2, 0) is 11.3 Å². The smallest absolute Gasteiger partial charge is 0.220 e. The molecule has 0 radical (unpaired) electrons. The van der Waals surface area contributed by atoms with Crippen LogP contribution >= 0.6 is 0 Å². The Labute approximate surface area is 157 Å². The van der Waals surface area contributed by atoms with Crippen LogP contribution in [0.5, 0.6) is 0 Å². The Morgan fingerprint density at radius 1 is 1.33 bits per heavy atom. The molecule has 4 rings (SSSR count). The number of fused-ring (bicyclic) bond motifs is 1. The SMILES string of the molecule is O=C(CCCn1cncn1)NC(c1cnc2ccccc2c1)C1CC(O)C1. The first-order valence-electron chi connectivity index (χ1n) is 9.33. The lowest BCUT2D eigenvalue weighted by Gasteiger charge is -2.38. The Kier molecular flexibility index (Phi) is 5.11. The fourth-order valence-electron chi connectivity index (χ4n) is 3.63. The second-order valence-electron chi connectivity index (χ2n) is 7.15. The summed E-state index contributed by atoms with van der Waals surface area (Å²) in [4.78, 5) is 20.9. The zero-order valence-corrected chi connectivity index (χ0v) is 15.0. The van der Waals surface area contributed by atoms with Crippen LogP contribution in [0.15, 0.2) is 49.2 Å². The van der Waals surface area contributed by atoms with Gasteiger partial charge in [-0.25, -0.2) is 4.98 Å². The average molecular weight is 365 g/mol. The van der Waals surface area contributed by atoms with Gasteiger partial charge in [-0.1, -0.05) is 18.2 Å². The predicted molar refractivity (Wildman–Crippen MR) is 101 cm³/mol. The number of aryl methyl sites for hydroxylation is 1. The molecular weight excluding hydrogens is 342 g/mol. The maximum Gasteiger partial charge on any atom is 0.220 e. The van der Waals surface area contributed by atoms with E-state index < -0.39 is 0 Å². The van der Waals surface area contributed by atoms with Crippen LogP contribution in [-0.4, -0.2) is 36.9 Å². The number of para-hydroxylation sites is 1. The van der Waals surface area contributed by atoms with Crippen molar-refractivity contribution in [2.24, 2.45) is 5.92 Å². The minimum atomic E-state index is -0.268. The molecule has 1 amide bonds. The number of aromatic nitrogens is 4. The van der Waals surface area contributed by atoms with Gasteiger partial charge in [0.05, 0.1) is 17.7 Å². The first-order valence-corrected chi connectivity index (χ1v) is 9.33. The summed E-state index contributed by atoms with van der Waals surface area (Å²) in [5.41, 5.74) is 1.93. The molecule has 1 saturated carbocycles. The van der Waals surface area contributed by atoms with E-state index in [-0.39, 0.29) is 24.0 Å². The van der Waals surface area contributed by atoms with E-state index in [2.05, 4.69) is 26.4 Å². The first-order chi connectivity index (χ1) is 13.2. The molecule has 2 N–H and O–H groups in total. The molecule has 27 heavy (non-hydrogen) atoms. The summed E-state index contributed by atoms with van der Waals surface area (Å²) in [6.07, 6.45) is 7.25. The number of nitrogens with zero attached hydrogens (tertiary/aromatic N) is 4. The Bertz CT molecular complexity index is 906. The van der Waals surface area contributed by atoms with Crippen molar-refractivity contribution in [3.05, 3.63) is 54.7 Å². The highest BCUT2D eigenvalue weighted by Crippen LogP contribution is 2.38. The molecule has 0 saturated heterocycles. The lowest BCUT2D eigenvalue weighted by molar-refractivity contribution is -0.123. The van der Waals surface area contributed by atoms with Crippen molar-refractivity contribution in [1.82, 2.24) is 25.1 Å². The Morgan fingerprint density at radius 2 is 2.19 bits per heavy atom. The third kappa shape index (κ3) is 4.14. The van der Waals surface area contributed by atoms with Crippen molar-refractivity contribution in [1.29, 1.82) is 0 Å². The van der Waals surface area contributed by atoms with Crippen molar-refractivity contribution >= 4 is 16.8 Å². The molecule has 7 heteroatoms. The summed E-state index contributed by atoms with van der Waals surface area (Å²) in [5, 5.41) is 18.0. The van der Waals surface area contributed by atoms with Crippen molar-refractivity contribution in [3.8, 4) is 0 Å². The summed E-state index contributed by atoms with van der Waals surface area (Å²) in [7, 11) is 0. The van der Waals surface area contributed by atoms with E-state index in [4.69, 9.17) is 0 Å². The summed E-state index contributed by atoms with van der Waals surface area (Å²) in [5.74, 6) is 0.247. The van der Waals surface area contributed by atoms with Crippen molar-refractivity contribution in [3.63, 3.8) is 0 Å². The summed E-state index contributed by atoms with van der Waals surface area (Å²) in [6, 6.07) is 9.92. The lowest BCUT2D eigenvalue weighted by atomic mass is 9.75. The van der Waals surface area contributed by atoms with Gasteiger partial charge in [-0.15, -0.1) is 0 Å². The van der Waals surface area contributed by atoms with Crippen LogP contribution in [0.2, 0.25) is 0 Å². The van der Waals surface area contributed by atoms with Crippen LogP contribution in [0.3, 0.4) is 0 Å². The average Bonchev–Trinajstić information content (AvgIpc) is 3.17. The fraction of sp³-hybridized carbons (Fsp3) is 0.400. The van der Waals surface area contributed by atoms with Crippen LogP contribution in [0, 0.1) is 5.92 Å². The number of rotatable bonds is 7. The largest absolute Gasteiger partial charge is 0.393 e. The zero-order valence-electron chi connectivity index (χ0n) is 15.0. The molecule has 2 aromatic heterocycles. The van der Waals surface area contributed by atoms with Crippen LogP contribution in [0.25, 0.3) is 10.9 Å². The van der Waals surface area contributed by atoms with Gasteiger partial charge in [0.2, 0.25) is 5.91 Å². The third-order valence-electron chi connectivity index (χ3n) is 5.17. The number of aliphatic hydroxyl groups is 1. The number of benzene rings is 1. The van der Waals surface area contributed by atoms with Crippen molar-refractivity contribution in [2.45, 2.75) is 44.4 Å². The van der Waals surface area contributed by atoms with E-state index in [9.17, 15) is 9.90 Å². The van der Waals surface area contributed by atoms with Gasteiger partial charge in [-0.2, -0.15) is 5.10 Å². The summed E-state index contributed by atoms with van der Waals surface area (Å²) < 4.78 is 1.72. The number of carbonyl (C=O) groups excluding carboxylic acids is 1. The molecule has 1 fully saturated rings. The predicted octanol–water partition coefficient (Wildman–Crippen LogP) is 2.23. The minimum absolute atomic E-state index is 0.00895. The molecule has 1 aliphatic rings. The summed E-state index contributed by atoms with van der Waals surface area (Å²) in [6.45, 7) is 0.664. The second kappa shape index (κ2) is 7.84. The van der Waals surface area contributed by atoms with Gasteiger partial charge < -0.3 is 10.4 Å². The van der Waals surface area contributed by atoms with Gasteiger partial charge in [0, 0.05) is 24.5 Å². The highest BCUT2D eigenvalue weighted by atomic mass is 16.3. The molecule has 2 heterocycles. The van der Waals surface area contributed by atoms with Gasteiger partial charge >= 0.3 is 0 Å². The van der Waals surface area contributed by atoms with Gasteiger partial charge in [-0.3, -0.25) is 14.5 Å². The maximum absolute atomic E-state index is 12.5. The molecular formula is C20H23N5O2. The van der Waals surface area contributed by atoms with Crippen LogP contribution < -0.4 is 5.32 Å². The number of hydrogen-bond acceptors (Lipinski definition) is 5. The van der Waals surface area contributed by atoms with Crippen molar-refractivity contribution < 1.29 is 9.90 Å². The molecule has 1 unspecified atom stereocenters. The van der Waals surface area contributed by atoms with E-state index in [0.717, 1.165) is 16.5 Å². The number of carbonyl (C=O) groups is 1. The highest BCUT2D eigenvalue weighted by molar-refractivity contribution is 5.80. The number of aliphatic hydroxyl groups excluding tert-OH is 1. The quantitative estimate of drug-likeness (QED) is 0.670. The second-order valence-corrected chi connectivity index (χ2v) is 7.15. The normalized spacial score (nSPS) is 20.2. The fourth-order valence-corrected chi connectivity index (χ4v) is 3.63. The van der Waals surface area contributed by atoms with E-state index in [1.807, 2.05) is 30.5 Å². The molecule has 0 bridgehead atoms. The molecule has 0 aliphatic heterocycles. The highest BCUT2D eigenvalue weighted by Gasteiger charge is 2.35. The van der Waals surface area contributed by atoms with Gasteiger partial charge in [0.15, 0.2) is 0 Å². The third-order valence-corrected chi connectivity index (χ3v) is 5.17. The maximum atomic E-state index is 12.5. The van der Waals surface area contributed by atoms with Gasteiger partial charge in [-0.05, 0) is 42.9 Å². The molecule has 1 aromatic carbocycles. The van der Waals surface area contributed by atoms with Crippen molar-refractivity contribution in [2.75, 3.05) is 0 Å². The van der Waals surface area contributed by atoms with E-state index >= 15 is 0 Å². The Morgan fingerprint density at radius 3 is 2.96 bits per heavy atom. The lowest BCUT2D eigenvalue weighted by Crippen LogP contribution is -2.41. The molecule has 1 atom stereocenters. The standard InChI is InChI=1S/C20H23N5O2/c26-17-9-15(10-17)20(16-8-14-4-1-2-5-18(14)22-11-16)24-19(27)6-3-7-25-13-21-12-23-25/h1-2,4-5,8,11-13,15,17,20,26H,3,6-7,9-10H2,(H,24,27).